The summed E-state index contributed by atoms with van der Waals surface area (Å²) >= 11 is 6.75. The van der Waals surface area contributed by atoms with Crippen LogP contribution in [0.1, 0.15) is 69.4 Å². The van der Waals surface area contributed by atoms with Gasteiger partial charge in [0.15, 0.2) is 5.75 Å². The van der Waals surface area contributed by atoms with Crippen molar-refractivity contribution < 1.29 is 19.4 Å². The lowest BCUT2D eigenvalue weighted by molar-refractivity contribution is -0.141. The predicted octanol–water partition coefficient (Wildman–Crippen LogP) is 6.07. The minimum absolute atomic E-state index is 0.00541. The number of aliphatic hydroxyl groups is 1. The minimum atomic E-state index is -1.21. The fourth-order valence-electron chi connectivity index (χ4n) is 6.22. The summed E-state index contributed by atoms with van der Waals surface area (Å²) in [6.45, 7) is 3.97. The van der Waals surface area contributed by atoms with Gasteiger partial charge in [-0.2, -0.15) is 0 Å². The van der Waals surface area contributed by atoms with E-state index in [-0.39, 0.29) is 23.8 Å². The molecule has 38 heavy (non-hydrogen) atoms. The molecule has 2 aliphatic rings. The fraction of sp³-hybridized carbons (Fsp3) is 0.581. The summed E-state index contributed by atoms with van der Waals surface area (Å²) < 4.78 is 11.8. The third kappa shape index (κ3) is 6.53. The largest absolute Gasteiger partial charge is 0.455 e. The Morgan fingerprint density at radius 3 is 2.71 bits per heavy atom. The topological polar surface area (TPSA) is 85.0 Å². The number of piperidine rings is 1. The molecule has 4 rings (SSSR count). The molecule has 208 valence electrons. The monoisotopic (exact) mass is 542 g/mol. The molecule has 7 heteroatoms. The summed E-state index contributed by atoms with van der Waals surface area (Å²) in [5.74, 6) is 1.27. The number of nitrogens with two attached hydrogens (primary N) is 1. The number of carbonyl (C=O) groups is 1. The first-order valence-electron chi connectivity index (χ1n) is 14.2. The number of nitrogens with zero attached hydrogens (tertiary/aromatic N) is 1. The van der Waals surface area contributed by atoms with E-state index in [2.05, 4.69) is 6.92 Å². The van der Waals surface area contributed by atoms with E-state index in [9.17, 15) is 9.90 Å². The van der Waals surface area contributed by atoms with E-state index in [0.29, 0.717) is 35.9 Å². The third-order valence-electron chi connectivity index (χ3n) is 8.39. The van der Waals surface area contributed by atoms with E-state index in [4.69, 9.17) is 26.8 Å². The number of benzene rings is 2. The molecule has 2 aromatic rings. The maximum Gasteiger partial charge on any atom is 0.225 e. The smallest absolute Gasteiger partial charge is 0.225 e. The molecule has 2 aromatic carbocycles. The number of amides is 1. The Balaban J connectivity index is 1.66. The number of para-hydroxylation sites is 2. The van der Waals surface area contributed by atoms with Crippen LogP contribution >= 0.6 is 11.6 Å². The molecule has 1 saturated carbocycles. The van der Waals surface area contributed by atoms with E-state index in [0.717, 1.165) is 69.2 Å². The van der Waals surface area contributed by atoms with Crippen LogP contribution in [0, 0.1) is 11.8 Å². The van der Waals surface area contributed by atoms with Crippen LogP contribution in [0.5, 0.6) is 11.5 Å². The first-order valence-corrected chi connectivity index (χ1v) is 14.6. The van der Waals surface area contributed by atoms with Gasteiger partial charge in [-0.1, -0.05) is 48.9 Å². The van der Waals surface area contributed by atoms with Crippen LogP contribution in [-0.2, 0) is 21.6 Å². The summed E-state index contributed by atoms with van der Waals surface area (Å²) in [5.41, 5.74) is 6.67. The van der Waals surface area contributed by atoms with Gasteiger partial charge in [-0.25, -0.2) is 0 Å². The van der Waals surface area contributed by atoms with E-state index >= 15 is 0 Å². The highest BCUT2D eigenvalue weighted by Gasteiger charge is 2.44. The maximum absolute atomic E-state index is 13.4. The first kappa shape index (κ1) is 28.9. The molecule has 2 fully saturated rings. The molecule has 1 aliphatic carbocycles. The molecule has 3 N–H and O–H groups in total. The molecule has 0 spiro atoms. The Labute approximate surface area is 232 Å². The van der Waals surface area contributed by atoms with Crippen LogP contribution in [0.4, 0.5) is 0 Å². The lowest BCUT2D eigenvalue weighted by Crippen LogP contribution is -2.49. The van der Waals surface area contributed by atoms with Crippen molar-refractivity contribution in [1.82, 2.24) is 4.90 Å². The second-order valence-corrected chi connectivity index (χ2v) is 11.4. The number of likely N-dealkylation sites (tertiary alicyclic amines) is 1. The van der Waals surface area contributed by atoms with Gasteiger partial charge in [0.05, 0.1) is 10.6 Å². The van der Waals surface area contributed by atoms with Crippen molar-refractivity contribution in [3.8, 4) is 11.5 Å². The summed E-state index contributed by atoms with van der Waals surface area (Å²) in [5, 5.41) is 13.1. The molecular weight excluding hydrogens is 500 g/mol. The van der Waals surface area contributed by atoms with E-state index in [1.54, 1.807) is 13.2 Å². The maximum atomic E-state index is 13.4. The summed E-state index contributed by atoms with van der Waals surface area (Å²) in [4.78, 5) is 15.4. The molecule has 4 atom stereocenters. The molecule has 1 saturated heterocycles. The SMILES string of the molecule is CCc1ccccc1Oc1c(Cl)cccc1C(O)(CCCCOC)[C@@H]1CCCN(C(=O)[C@@H]2CC[C@H](N)C2)C1. The van der Waals surface area contributed by atoms with Gasteiger partial charge in [0.1, 0.15) is 5.75 Å². The van der Waals surface area contributed by atoms with Crippen molar-refractivity contribution in [3.63, 3.8) is 0 Å². The number of aryl methyl sites for hydroxylation is 1. The molecule has 1 unspecified atom stereocenters. The van der Waals surface area contributed by atoms with Gasteiger partial charge < -0.3 is 25.2 Å². The summed E-state index contributed by atoms with van der Waals surface area (Å²) in [6.07, 6.45) is 7.16. The quantitative estimate of drug-likeness (QED) is 0.337. The van der Waals surface area contributed by atoms with Gasteiger partial charge in [-0.05, 0) is 75.5 Å². The number of hydrogen-bond acceptors (Lipinski definition) is 5. The Morgan fingerprint density at radius 2 is 1.97 bits per heavy atom. The Morgan fingerprint density at radius 1 is 1.16 bits per heavy atom. The molecule has 0 bridgehead atoms. The van der Waals surface area contributed by atoms with E-state index in [1.165, 1.54) is 0 Å². The van der Waals surface area contributed by atoms with Gasteiger partial charge in [-0.15, -0.1) is 0 Å². The zero-order chi connectivity index (χ0) is 27.1. The van der Waals surface area contributed by atoms with Gasteiger partial charge >= 0.3 is 0 Å². The van der Waals surface area contributed by atoms with Gasteiger partial charge in [0.2, 0.25) is 5.91 Å². The average Bonchev–Trinajstić information content (AvgIpc) is 3.38. The molecule has 0 aromatic heterocycles. The van der Waals surface area contributed by atoms with Gasteiger partial charge in [0, 0.05) is 50.2 Å². The highest BCUT2D eigenvalue weighted by molar-refractivity contribution is 6.32. The molecular formula is C31H43ClN2O4. The Bertz CT molecular complexity index is 1080. The molecule has 0 radical (unpaired) electrons. The van der Waals surface area contributed by atoms with Crippen molar-refractivity contribution in [2.24, 2.45) is 17.6 Å². The fourth-order valence-corrected chi connectivity index (χ4v) is 6.44. The number of rotatable bonds is 11. The summed E-state index contributed by atoms with van der Waals surface area (Å²) in [7, 11) is 1.69. The Hall–Kier alpha value is -2.12. The second-order valence-electron chi connectivity index (χ2n) is 10.9. The van der Waals surface area contributed by atoms with Crippen LogP contribution < -0.4 is 10.5 Å². The lowest BCUT2D eigenvalue weighted by atomic mass is 9.73. The average molecular weight is 543 g/mol. The highest BCUT2D eigenvalue weighted by Crippen LogP contribution is 2.47. The van der Waals surface area contributed by atoms with Crippen LogP contribution in [0.2, 0.25) is 5.02 Å². The van der Waals surface area contributed by atoms with E-state index in [1.807, 2.05) is 41.3 Å². The van der Waals surface area contributed by atoms with Gasteiger partial charge in [0.25, 0.3) is 0 Å². The van der Waals surface area contributed by atoms with Crippen molar-refractivity contribution in [2.75, 3.05) is 26.8 Å². The van der Waals surface area contributed by atoms with Crippen molar-refractivity contribution in [2.45, 2.75) is 76.4 Å². The molecule has 1 aliphatic heterocycles. The van der Waals surface area contributed by atoms with Crippen molar-refractivity contribution >= 4 is 17.5 Å². The molecule has 1 amide bonds. The number of methoxy groups -OCH3 is 1. The highest BCUT2D eigenvalue weighted by atomic mass is 35.5. The number of halogens is 1. The summed E-state index contributed by atoms with van der Waals surface area (Å²) in [6, 6.07) is 13.7. The zero-order valence-electron chi connectivity index (χ0n) is 22.8. The van der Waals surface area contributed by atoms with Crippen LogP contribution in [0.15, 0.2) is 42.5 Å². The molecule has 6 nitrogen and oxygen atoms in total. The number of unbranched alkanes of at least 4 members (excludes halogenated alkanes) is 1. The van der Waals surface area contributed by atoms with Crippen molar-refractivity contribution in [3.05, 3.63) is 58.6 Å². The lowest BCUT2D eigenvalue weighted by Gasteiger charge is -2.44. The Kier molecular flexibility index (Phi) is 10.1. The third-order valence-corrected chi connectivity index (χ3v) is 8.68. The standard InChI is InChI=1S/C31H43ClN2O4/c1-3-22-10-4-5-14-28(22)38-29-26(12-8-13-27(29)32)31(36,17-6-7-19-37-2)24-11-9-18-34(21-24)30(35)23-15-16-25(33)20-23/h4-5,8,10,12-14,23-25,36H,3,6-7,9,11,15-21,33H2,1-2H3/t23-,24-,25+,31?/m1/s1. The van der Waals surface area contributed by atoms with Crippen LogP contribution in [0.3, 0.4) is 0 Å². The number of ether oxygens (including phenoxy) is 2. The normalized spacial score (nSPS) is 23.3. The van der Waals surface area contributed by atoms with Crippen LogP contribution in [-0.4, -0.2) is 48.8 Å². The first-order chi connectivity index (χ1) is 18.4. The number of hydrogen-bond donors (Lipinski definition) is 2. The predicted molar refractivity (Wildman–Crippen MR) is 152 cm³/mol. The zero-order valence-corrected chi connectivity index (χ0v) is 23.6. The van der Waals surface area contributed by atoms with Gasteiger partial charge in [-0.3, -0.25) is 4.79 Å². The second kappa shape index (κ2) is 13.3. The van der Waals surface area contributed by atoms with Crippen LogP contribution in [0.25, 0.3) is 0 Å². The van der Waals surface area contributed by atoms with Crippen molar-refractivity contribution in [1.29, 1.82) is 0 Å². The number of carbonyl (C=O) groups excluding carboxylic acids is 1. The van der Waals surface area contributed by atoms with E-state index < -0.39 is 5.60 Å². The molecule has 1 heterocycles. The minimum Gasteiger partial charge on any atom is -0.455 e.